The quantitative estimate of drug-likeness (QED) is 0.205. The van der Waals surface area contributed by atoms with E-state index in [4.69, 9.17) is 42.1 Å². The lowest BCUT2D eigenvalue weighted by Crippen LogP contribution is -2.29. The zero-order valence-corrected chi connectivity index (χ0v) is 22.6. The third kappa shape index (κ3) is 4.85. The Morgan fingerprint density at radius 3 is 2.24 bits per heavy atom. The van der Waals surface area contributed by atoms with Crippen LogP contribution in [0.1, 0.15) is 24.1 Å². The molecule has 1 aliphatic rings. The van der Waals surface area contributed by atoms with Crippen LogP contribution in [0.2, 0.25) is 10.0 Å². The van der Waals surface area contributed by atoms with Gasteiger partial charge in [0.25, 0.3) is 11.7 Å². The predicted octanol–water partition coefficient (Wildman–Crippen LogP) is 6.04. The molecule has 3 aromatic carbocycles. The summed E-state index contributed by atoms with van der Waals surface area (Å²) < 4.78 is 21.9. The number of ether oxygens (including phenoxy) is 4. The van der Waals surface area contributed by atoms with Gasteiger partial charge in [-0.05, 0) is 48.9 Å². The number of benzene rings is 3. The van der Waals surface area contributed by atoms with Crippen molar-refractivity contribution in [2.45, 2.75) is 13.0 Å². The van der Waals surface area contributed by atoms with Gasteiger partial charge in [0.1, 0.15) is 17.3 Å². The number of anilines is 1. The van der Waals surface area contributed by atoms with Gasteiger partial charge in [-0.25, -0.2) is 0 Å². The van der Waals surface area contributed by atoms with Crippen molar-refractivity contribution >= 4 is 46.3 Å². The summed E-state index contributed by atoms with van der Waals surface area (Å²) in [6.45, 7) is 2.18. The molecule has 3 aromatic rings. The van der Waals surface area contributed by atoms with Crippen molar-refractivity contribution in [3.8, 4) is 23.0 Å². The van der Waals surface area contributed by atoms with E-state index in [1.165, 1.54) is 38.4 Å². The summed E-state index contributed by atoms with van der Waals surface area (Å²) >= 11 is 12.5. The van der Waals surface area contributed by atoms with E-state index in [-0.39, 0.29) is 27.7 Å². The van der Waals surface area contributed by atoms with E-state index >= 15 is 0 Å². The predicted molar refractivity (Wildman–Crippen MR) is 145 cm³/mol. The molecule has 1 fully saturated rings. The van der Waals surface area contributed by atoms with Gasteiger partial charge < -0.3 is 24.1 Å². The highest BCUT2D eigenvalue weighted by Crippen LogP contribution is 2.46. The van der Waals surface area contributed by atoms with Crippen molar-refractivity contribution < 1.29 is 33.6 Å². The van der Waals surface area contributed by atoms with Crippen LogP contribution in [0, 0.1) is 0 Å². The summed E-state index contributed by atoms with van der Waals surface area (Å²) in [4.78, 5) is 28.3. The number of halogens is 2. The molecule has 0 bridgehead atoms. The lowest BCUT2D eigenvalue weighted by atomic mass is 9.94. The van der Waals surface area contributed by atoms with Gasteiger partial charge in [-0.3, -0.25) is 14.5 Å². The second-order valence-electron chi connectivity index (χ2n) is 8.18. The summed E-state index contributed by atoms with van der Waals surface area (Å²) in [5.41, 5.74) is 0.833. The van der Waals surface area contributed by atoms with Crippen LogP contribution in [-0.4, -0.2) is 44.7 Å². The molecular formula is C28H25Cl2NO7. The molecule has 0 spiro atoms. The smallest absolute Gasteiger partial charge is 0.300 e. The molecule has 0 aromatic heterocycles. The van der Waals surface area contributed by atoms with Crippen LogP contribution in [-0.2, 0) is 9.59 Å². The molecule has 0 aliphatic carbocycles. The number of aliphatic hydroxyl groups is 1. The summed E-state index contributed by atoms with van der Waals surface area (Å²) in [5.74, 6) is -0.874. The lowest BCUT2D eigenvalue weighted by Gasteiger charge is -2.26. The van der Waals surface area contributed by atoms with Crippen LogP contribution in [0.25, 0.3) is 5.76 Å². The minimum absolute atomic E-state index is 0.126. The van der Waals surface area contributed by atoms with E-state index in [0.29, 0.717) is 34.4 Å². The molecule has 8 nitrogen and oxygen atoms in total. The number of carbonyl (C=O) groups is 2. The SMILES string of the molecule is CCOc1cc(C2/C(=C(\O)c3cc(OC)c(Cl)cc3OC)C(=O)C(=O)N2c2cccc(Cl)c2)ccc1OC. The van der Waals surface area contributed by atoms with E-state index in [0.717, 1.165) is 0 Å². The number of rotatable bonds is 8. The van der Waals surface area contributed by atoms with Gasteiger partial charge in [0, 0.05) is 16.8 Å². The van der Waals surface area contributed by atoms with E-state index < -0.39 is 23.5 Å². The minimum Gasteiger partial charge on any atom is -0.507 e. The van der Waals surface area contributed by atoms with Gasteiger partial charge in [0.15, 0.2) is 11.5 Å². The van der Waals surface area contributed by atoms with Crippen LogP contribution in [0.3, 0.4) is 0 Å². The van der Waals surface area contributed by atoms with E-state index in [9.17, 15) is 14.7 Å². The van der Waals surface area contributed by atoms with Gasteiger partial charge in [0.2, 0.25) is 0 Å². The Labute approximate surface area is 229 Å². The highest BCUT2D eigenvalue weighted by atomic mass is 35.5. The first-order valence-electron chi connectivity index (χ1n) is 11.5. The summed E-state index contributed by atoms with van der Waals surface area (Å²) in [5, 5.41) is 12.2. The van der Waals surface area contributed by atoms with Crippen molar-refractivity contribution in [2.75, 3.05) is 32.8 Å². The maximum absolute atomic E-state index is 13.5. The van der Waals surface area contributed by atoms with Crippen molar-refractivity contribution in [2.24, 2.45) is 0 Å². The van der Waals surface area contributed by atoms with Gasteiger partial charge in [-0.15, -0.1) is 0 Å². The van der Waals surface area contributed by atoms with Gasteiger partial charge in [-0.2, -0.15) is 0 Å². The van der Waals surface area contributed by atoms with Crippen LogP contribution in [0.5, 0.6) is 23.0 Å². The fraction of sp³-hybridized carbons (Fsp3) is 0.214. The average molecular weight is 558 g/mol. The molecule has 198 valence electrons. The fourth-order valence-electron chi connectivity index (χ4n) is 4.36. The molecule has 1 aliphatic heterocycles. The highest BCUT2D eigenvalue weighted by molar-refractivity contribution is 6.52. The Morgan fingerprint density at radius 2 is 1.61 bits per heavy atom. The summed E-state index contributed by atoms with van der Waals surface area (Å²) in [6, 6.07) is 13.4. The number of hydrogen-bond donors (Lipinski definition) is 1. The first-order chi connectivity index (χ1) is 18.2. The maximum Gasteiger partial charge on any atom is 0.300 e. The Bertz CT molecular complexity index is 1440. The molecule has 1 atom stereocenters. The van der Waals surface area contributed by atoms with Crippen molar-refractivity contribution in [1.82, 2.24) is 0 Å². The Balaban J connectivity index is 2.02. The number of carbonyl (C=O) groups excluding carboxylic acids is 2. The van der Waals surface area contributed by atoms with Gasteiger partial charge in [-0.1, -0.05) is 35.3 Å². The van der Waals surface area contributed by atoms with Gasteiger partial charge >= 0.3 is 0 Å². The molecule has 1 amide bonds. The Kier molecular flexibility index (Phi) is 8.04. The second kappa shape index (κ2) is 11.2. The molecule has 1 saturated heterocycles. The molecule has 4 rings (SSSR count). The van der Waals surface area contributed by atoms with Crippen molar-refractivity contribution in [1.29, 1.82) is 0 Å². The van der Waals surface area contributed by atoms with E-state index in [1.54, 1.807) is 42.5 Å². The monoisotopic (exact) mass is 557 g/mol. The second-order valence-corrected chi connectivity index (χ2v) is 9.02. The molecular weight excluding hydrogens is 533 g/mol. The number of amides is 1. The fourth-order valence-corrected chi connectivity index (χ4v) is 4.78. The first-order valence-corrected chi connectivity index (χ1v) is 12.3. The third-order valence-corrected chi connectivity index (χ3v) is 6.59. The van der Waals surface area contributed by atoms with Crippen molar-refractivity contribution in [3.05, 3.63) is 81.3 Å². The summed E-state index contributed by atoms with van der Waals surface area (Å²) in [7, 11) is 4.33. The topological polar surface area (TPSA) is 94.5 Å². The van der Waals surface area contributed by atoms with E-state index in [1.807, 2.05) is 6.92 Å². The number of ketones is 1. The van der Waals surface area contributed by atoms with E-state index in [2.05, 4.69) is 0 Å². The van der Waals surface area contributed by atoms with Crippen LogP contribution >= 0.6 is 23.2 Å². The number of aliphatic hydroxyl groups excluding tert-OH is 1. The van der Waals surface area contributed by atoms with Gasteiger partial charge in [0.05, 0.1) is 50.1 Å². The molecule has 1 heterocycles. The number of Topliss-reactive ketones (excluding diaryl/α,β-unsaturated/α-hetero) is 1. The zero-order valence-electron chi connectivity index (χ0n) is 21.1. The molecule has 1 N–H and O–H groups in total. The standard InChI is InChI=1S/C28H25Cl2NO7/c1-5-38-23-11-15(9-10-20(23)35-2)25-24(26(32)18-13-22(37-4)19(30)14-21(18)36-3)27(33)28(34)31(25)17-8-6-7-16(29)12-17/h6-14,25,32H,5H2,1-4H3/b26-24+. The van der Waals surface area contributed by atoms with Crippen LogP contribution in [0.4, 0.5) is 5.69 Å². The zero-order chi connectivity index (χ0) is 27.6. The number of methoxy groups -OCH3 is 3. The Hall–Kier alpha value is -3.88. The largest absolute Gasteiger partial charge is 0.507 e. The maximum atomic E-state index is 13.5. The summed E-state index contributed by atoms with van der Waals surface area (Å²) in [6.07, 6.45) is 0. The first kappa shape index (κ1) is 27.2. The lowest BCUT2D eigenvalue weighted by molar-refractivity contribution is -0.132. The normalized spacial score (nSPS) is 16.5. The van der Waals surface area contributed by atoms with Crippen LogP contribution in [0.15, 0.2) is 60.2 Å². The average Bonchev–Trinajstić information content (AvgIpc) is 3.18. The molecule has 0 radical (unpaired) electrons. The number of nitrogens with zero attached hydrogens (tertiary/aromatic N) is 1. The van der Waals surface area contributed by atoms with Crippen molar-refractivity contribution in [3.63, 3.8) is 0 Å². The Morgan fingerprint density at radius 1 is 0.895 bits per heavy atom. The third-order valence-electron chi connectivity index (χ3n) is 6.06. The molecule has 38 heavy (non-hydrogen) atoms. The molecule has 0 saturated carbocycles. The molecule has 10 heteroatoms. The number of hydrogen-bond acceptors (Lipinski definition) is 7. The molecule has 1 unspecified atom stereocenters. The highest BCUT2D eigenvalue weighted by Gasteiger charge is 2.47. The van der Waals surface area contributed by atoms with Crippen LogP contribution < -0.4 is 23.8 Å². The minimum atomic E-state index is -1.04.